The third-order valence-corrected chi connectivity index (χ3v) is 17.8. The van der Waals surface area contributed by atoms with Crippen LogP contribution in [0.5, 0.6) is 0 Å². The first-order valence-corrected chi connectivity index (χ1v) is 21.3. The highest BCUT2D eigenvalue weighted by molar-refractivity contribution is 6.02. The van der Waals surface area contributed by atoms with Gasteiger partial charge in [-0.2, -0.15) is 0 Å². The number of aliphatic hydroxyl groups is 3. The molecule has 13 atom stereocenters. The summed E-state index contributed by atoms with van der Waals surface area (Å²) in [6, 6.07) is 9.85. The van der Waals surface area contributed by atoms with Gasteiger partial charge in [0.15, 0.2) is 11.7 Å². The number of nitrogens with two attached hydrogens (primary N) is 2. The summed E-state index contributed by atoms with van der Waals surface area (Å²) in [7, 11) is 0. The zero-order valence-corrected chi connectivity index (χ0v) is 34.7. The molecule has 9 rings (SSSR count). The molecule has 2 spiro atoms. The lowest BCUT2D eigenvalue weighted by molar-refractivity contribution is -0.169. The number of aliphatic carboxylic acids is 1. The van der Waals surface area contributed by atoms with Crippen LogP contribution in [-0.4, -0.2) is 66.8 Å². The first-order valence-electron chi connectivity index (χ1n) is 21.3. The van der Waals surface area contributed by atoms with Gasteiger partial charge in [0.25, 0.3) is 0 Å². The molecular formula is C49H57N3O7. The van der Waals surface area contributed by atoms with E-state index in [-0.39, 0.29) is 55.2 Å². The highest BCUT2D eigenvalue weighted by Crippen LogP contribution is 2.84. The number of ketones is 2. The minimum absolute atomic E-state index is 0.0482. The van der Waals surface area contributed by atoms with Gasteiger partial charge in [-0.1, -0.05) is 88.4 Å². The van der Waals surface area contributed by atoms with Crippen LogP contribution in [-0.2, 0) is 14.4 Å². The molecule has 4 bridgehead atoms. The molecule has 10 nitrogen and oxygen atoms in total. The monoisotopic (exact) mass is 799 g/mol. The molecule has 310 valence electrons. The number of Topliss-reactive ketones (excluding diaryl/α,β-unsaturated/α-hetero) is 2. The summed E-state index contributed by atoms with van der Waals surface area (Å²) in [5, 5.41) is 50.2. The number of hydrogen-bond acceptors (Lipinski definition) is 7. The van der Waals surface area contributed by atoms with Gasteiger partial charge in [0.1, 0.15) is 11.4 Å². The number of benzene rings is 1. The Bertz CT molecular complexity index is 2350. The standard InChI is InChI=1S/C49H57N3O7/c1-28(40(56)57)31-16-21-46(52-41(50)51)23-22-45(29(2)35(46)37(31)55)27-47(58)24-25-48(59)32(15-14-30-12-8-6-9-13-30)38-42(3)18-10-7-11-19-49(47)39(48)36(33(53)26-44(45,49)5)43(38,4)20-17-34(42)54/h6,8-9,12-15,22-25,29,32,35,37-38,55,58-59H,11,16-21,26-27H2,1-5H3,(H,56,57)(H4,50,51,52)/b15-14+,31-28+/t29-,32+,35-,37-,38-,42-,43-,44-,45-,46+,47+,48-,49+/m1/s1. The quantitative estimate of drug-likeness (QED) is 0.0741. The fourth-order valence-corrected chi connectivity index (χ4v) is 15.3. The second-order valence-electron chi connectivity index (χ2n) is 20.0. The van der Waals surface area contributed by atoms with Crippen molar-refractivity contribution in [1.82, 2.24) is 0 Å². The van der Waals surface area contributed by atoms with Crippen LogP contribution in [0.15, 0.2) is 88.0 Å². The summed E-state index contributed by atoms with van der Waals surface area (Å²) in [4.78, 5) is 47.1. The zero-order chi connectivity index (χ0) is 42.3. The Morgan fingerprint density at radius 3 is 2.37 bits per heavy atom. The SMILES string of the molecule is C/C(C(=O)O)=C1/CC[C@]2(N=C(N)N)C=C[C@@]3(C[C@@]4(O)C=C[C@]5(O)C6=C7C(=O)C[C@@]3(C)[C@]64CCC#CC[C@]3(C)C(=O)CC[C@@]7(C)[C@@H]3[C@@H]5/C=C/c3ccccc3)[C@H](C)[C@@H]2[C@@H]1O. The highest BCUT2D eigenvalue weighted by Gasteiger charge is 2.84. The van der Waals surface area contributed by atoms with Crippen molar-refractivity contribution in [3.05, 3.63) is 88.6 Å². The second kappa shape index (κ2) is 12.5. The van der Waals surface area contributed by atoms with E-state index < -0.39 is 79.6 Å². The van der Waals surface area contributed by atoms with Gasteiger partial charge < -0.3 is 31.9 Å². The molecule has 0 heterocycles. The van der Waals surface area contributed by atoms with E-state index in [0.717, 1.165) is 5.56 Å². The van der Waals surface area contributed by atoms with E-state index in [1.165, 1.54) is 6.92 Å². The van der Waals surface area contributed by atoms with Crippen molar-refractivity contribution >= 4 is 29.6 Å². The normalized spacial score (nSPS) is 47.4. The van der Waals surface area contributed by atoms with Crippen LogP contribution >= 0.6 is 0 Å². The zero-order valence-electron chi connectivity index (χ0n) is 34.7. The maximum atomic E-state index is 15.7. The molecule has 3 saturated carbocycles. The third-order valence-electron chi connectivity index (χ3n) is 17.8. The van der Waals surface area contributed by atoms with Gasteiger partial charge in [0, 0.05) is 70.3 Å². The first kappa shape index (κ1) is 39.9. The number of guanidine groups is 1. The number of carbonyl (C=O) groups is 3. The Kier molecular flexibility index (Phi) is 8.45. The number of allylic oxidation sites excluding steroid dienone is 2. The van der Waals surface area contributed by atoms with Gasteiger partial charge in [-0.05, 0) is 79.1 Å². The lowest BCUT2D eigenvalue weighted by Gasteiger charge is -2.70. The molecule has 59 heavy (non-hydrogen) atoms. The lowest BCUT2D eigenvalue weighted by atomic mass is 9.34. The smallest absolute Gasteiger partial charge is 0.331 e. The molecule has 0 unspecified atom stereocenters. The summed E-state index contributed by atoms with van der Waals surface area (Å²) >= 11 is 0. The van der Waals surface area contributed by atoms with Crippen LogP contribution in [0.3, 0.4) is 0 Å². The van der Waals surface area contributed by atoms with Gasteiger partial charge in [-0.15, -0.1) is 11.8 Å². The summed E-state index contributed by atoms with van der Waals surface area (Å²) in [5.74, 6) is 3.16. The molecule has 8 N–H and O–H groups in total. The molecule has 8 aliphatic carbocycles. The second-order valence-corrected chi connectivity index (χ2v) is 20.0. The van der Waals surface area contributed by atoms with E-state index in [1.54, 1.807) is 12.2 Å². The molecule has 0 aliphatic heterocycles. The molecule has 0 aromatic heterocycles. The summed E-state index contributed by atoms with van der Waals surface area (Å²) < 4.78 is 0. The van der Waals surface area contributed by atoms with Crippen molar-refractivity contribution < 1.29 is 34.8 Å². The van der Waals surface area contributed by atoms with Gasteiger partial charge >= 0.3 is 5.97 Å². The van der Waals surface area contributed by atoms with Crippen LogP contribution in [0.25, 0.3) is 6.08 Å². The van der Waals surface area contributed by atoms with Crippen LogP contribution in [0.1, 0.15) is 98.0 Å². The van der Waals surface area contributed by atoms with Crippen molar-refractivity contribution in [3.63, 3.8) is 0 Å². The van der Waals surface area contributed by atoms with Gasteiger partial charge in [0.2, 0.25) is 0 Å². The number of aliphatic imine (C=N–C) groups is 1. The Hall–Kier alpha value is -4.56. The number of nitrogens with zero attached hydrogens (tertiary/aromatic N) is 1. The molecule has 8 aliphatic rings. The lowest BCUT2D eigenvalue weighted by Crippen LogP contribution is -2.71. The topological polar surface area (TPSA) is 197 Å². The van der Waals surface area contributed by atoms with E-state index >= 15 is 4.79 Å². The predicted octanol–water partition coefficient (Wildman–Crippen LogP) is 5.58. The molecule has 0 amide bonds. The largest absolute Gasteiger partial charge is 0.478 e. The van der Waals surface area contributed by atoms with Crippen LogP contribution in [0.4, 0.5) is 0 Å². The Morgan fingerprint density at radius 1 is 0.949 bits per heavy atom. The number of rotatable bonds is 4. The van der Waals surface area contributed by atoms with Gasteiger partial charge in [-0.25, -0.2) is 9.79 Å². The van der Waals surface area contributed by atoms with Crippen molar-refractivity contribution in [1.29, 1.82) is 0 Å². The van der Waals surface area contributed by atoms with E-state index in [9.17, 15) is 30.0 Å². The number of hydrogen-bond donors (Lipinski definition) is 6. The molecule has 1 aromatic rings. The average molecular weight is 800 g/mol. The van der Waals surface area contributed by atoms with Gasteiger partial charge in [0.05, 0.1) is 17.2 Å². The summed E-state index contributed by atoms with van der Waals surface area (Å²) in [5.41, 5.74) is 5.24. The molecule has 10 heteroatoms. The Balaban J connectivity index is 1.34. The van der Waals surface area contributed by atoms with Crippen molar-refractivity contribution in [2.45, 2.75) is 115 Å². The first-order chi connectivity index (χ1) is 27.7. The molecule has 1 aromatic carbocycles. The maximum absolute atomic E-state index is 15.7. The van der Waals surface area contributed by atoms with E-state index in [1.807, 2.05) is 62.4 Å². The maximum Gasteiger partial charge on any atom is 0.331 e. The van der Waals surface area contributed by atoms with E-state index in [4.69, 9.17) is 16.5 Å². The average Bonchev–Trinajstić information content (AvgIpc) is 3.33. The number of aliphatic hydroxyl groups excluding tert-OH is 1. The number of carboxylic acids is 1. The number of carbonyl (C=O) groups excluding carboxylic acids is 2. The Labute approximate surface area is 346 Å². The number of carboxylic acid groups (broad SMARTS) is 1. The molecular weight excluding hydrogens is 743 g/mol. The predicted molar refractivity (Wildman–Crippen MR) is 224 cm³/mol. The Morgan fingerprint density at radius 2 is 1.68 bits per heavy atom. The fraction of sp³-hybridized carbons (Fsp3) is 0.551. The van der Waals surface area contributed by atoms with Crippen LogP contribution in [0, 0.1) is 62.6 Å². The fourth-order valence-electron chi connectivity index (χ4n) is 15.3. The molecule has 3 fully saturated rings. The molecule has 0 saturated heterocycles. The number of fused-ring (bicyclic) bond motifs is 3. The third kappa shape index (κ3) is 4.70. The minimum atomic E-state index is -1.76. The van der Waals surface area contributed by atoms with Crippen molar-refractivity contribution in [2.75, 3.05) is 0 Å². The van der Waals surface area contributed by atoms with Gasteiger partial charge in [-0.3, -0.25) is 9.59 Å². The summed E-state index contributed by atoms with van der Waals surface area (Å²) in [6.07, 6.45) is 12.9. The van der Waals surface area contributed by atoms with Crippen LogP contribution < -0.4 is 11.5 Å². The highest BCUT2D eigenvalue weighted by atomic mass is 16.4. The van der Waals surface area contributed by atoms with E-state index in [2.05, 4.69) is 31.8 Å². The minimum Gasteiger partial charge on any atom is -0.478 e. The van der Waals surface area contributed by atoms with Crippen molar-refractivity contribution in [2.24, 2.45) is 67.2 Å². The summed E-state index contributed by atoms with van der Waals surface area (Å²) in [6.45, 7) is 9.70. The van der Waals surface area contributed by atoms with E-state index in [0.29, 0.717) is 42.4 Å². The van der Waals surface area contributed by atoms with Crippen molar-refractivity contribution in [3.8, 4) is 11.8 Å². The van der Waals surface area contributed by atoms with Crippen LogP contribution in [0.2, 0.25) is 0 Å². The molecule has 0 radical (unpaired) electrons.